The molecule has 0 bridgehead atoms. The fourth-order valence-electron chi connectivity index (χ4n) is 2.20. The van der Waals surface area contributed by atoms with E-state index in [9.17, 15) is 13.2 Å². The lowest BCUT2D eigenvalue weighted by atomic mass is 10.1. The summed E-state index contributed by atoms with van der Waals surface area (Å²) in [5, 5.41) is 4.11. The van der Waals surface area contributed by atoms with Gasteiger partial charge in [0.05, 0.1) is 0 Å². The fraction of sp³-hybridized carbons (Fsp3) is 0.500. The third kappa shape index (κ3) is 3.96. The highest BCUT2D eigenvalue weighted by Crippen LogP contribution is 2.23. The highest BCUT2D eigenvalue weighted by atomic mass is 19.4. The normalized spacial score (nSPS) is 16.1. The number of hydrogen-bond acceptors (Lipinski definition) is 3. The molecule has 6 heteroatoms. The minimum atomic E-state index is -4.13. The summed E-state index contributed by atoms with van der Waals surface area (Å²) >= 11 is 0. The van der Waals surface area contributed by atoms with Crippen LogP contribution < -0.4 is 0 Å². The number of hydrazine groups is 1. The molecule has 0 saturated heterocycles. The second-order valence-corrected chi connectivity index (χ2v) is 5.03. The number of halogens is 3. The average Bonchev–Trinajstić information content (AvgIpc) is 2.73. The molecule has 2 heterocycles. The number of alkyl halides is 3. The van der Waals surface area contributed by atoms with Gasteiger partial charge in [-0.2, -0.15) is 13.2 Å². The molecule has 20 heavy (non-hydrogen) atoms. The zero-order valence-corrected chi connectivity index (χ0v) is 11.6. The first-order valence-corrected chi connectivity index (χ1v) is 6.50. The van der Waals surface area contributed by atoms with Crippen LogP contribution in [0.25, 0.3) is 0 Å². The highest BCUT2D eigenvalue weighted by Gasteiger charge is 2.27. The first-order valence-electron chi connectivity index (χ1n) is 6.50. The van der Waals surface area contributed by atoms with Crippen molar-refractivity contribution in [3.8, 4) is 0 Å². The van der Waals surface area contributed by atoms with Gasteiger partial charge in [-0.3, -0.25) is 4.98 Å². The van der Waals surface area contributed by atoms with E-state index in [2.05, 4.69) is 16.1 Å². The molecule has 0 amide bonds. The predicted molar refractivity (Wildman–Crippen MR) is 70.7 cm³/mol. The van der Waals surface area contributed by atoms with E-state index < -0.39 is 12.6 Å². The molecule has 0 aliphatic carbocycles. The SMILES string of the molecule is Cc1cc(CN2CC=CN2C)cnc1CCC(F)(F)F. The van der Waals surface area contributed by atoms with Gasteiger partial charge in [0.15, 0.2) is 0 Å². The maximum Gasteiger partial charge on any atom is 0.389 e. The molecule has 3 nitrogen and oxygen atoms in total. The van der Waals surface area contributed by atoms with Crippen molar-refractivity contribution >= 4 is 0 Å². The lowest BCUT2D eigenvalue weighted by molar-refractivity contribution is -0.134. The zero-order valence-electron chi connectivity index (χ0n) is 11.6. The number of rotatable bonds is 4. The third-order valence-electron chi connectivity index (χ3n) is 3.34. The molecule has 0 atom stereocenters. The van der Waals surface area contributed by atoms with Crippen LogP contribution in [0.15, 0.2) is 24.5 Å². The summed E-state index contributed by atoms with van der Waals surface area (Å²) in [6.45, 7) is 3.36. The Bertz CT molecular complexity index is 497. The van der Waals surface area contributed by atoms with Crippen molar-refractivity contribution in [2.24, 2.45) is 0 Å². The fourth-order valence-corrected chi connectivity index (χ4v) is 2.20. The van der Waals surface area contributed by atoms with Crippen LogP contribution >= 0.6 is 0 Å². The molecule has 1 aliphatic rings. The van der Waals surface area contributed by atoms with Gasteiger partial charge in [-0.1, -0.05) is 12.1 Å². The van der Waals surface area contributed by atoms with E-state index >= 15 is 0 Å². The molecule has 0 saturated carbocycles. The van der Waals surface area contributed by atoms with Crippen LogP contribution in [0, 0.1) is 6.92 Å². The largest absolute Gasteiger partial charge is 0.389 e. The van der Waals surface area contributed by atoms with Crippen LogP contribution in [0.1, 0.15) is 23.2 Å². The van der Waals surface area contributed by atoms with E-state index in [1.165, 1.54) is 0 Å². The summed E-state index contributed by atoms with van der Waals surface area (Å²) in [6, 6.07) is 1.92. The Morgan fingerprint density at radius 3 is 2.65 bits per heavy atom. The van der Waals surface area contributed by atoms with Crippen molar-refractivity contribution in [3.63, 3.8) is 0 Å². The average molecular weight is 285 g/mol. The molecular weight excluding hydrogens is 267 g/mol. The number of aryl methyl sites for hydroxylation is 2. The Kier molecular flexibility index (Phi) is 4.32. The molecule has 0 aromatic carbocycles. The topological polar surface area (TPSA) is 19.4 Å². The van der Waals surface area contributed by atoms with Gasteiger partial charge in [-0.15, -0.1) is 0 Å². The molecule has 1 aromatic rings. The molecule has 0 spiro atoms. The van der Waals surface area contributed by atoms with Gasteiger partial charge in [0.25, 0.3) is 0 Å². The van der Waals surface area contributed by atoms with E-state index in [1.807, 2.05) is 31.2 Å². The van der Waals surface area contributed by atoms with E-state index in [0.29, 0.717) is 12.2 Å². The Morgan fingerprint density at radius 2 is 2.10 bits per heavy atom. The van der Waals surface area contributed by atoms with Gasteiger partial charge < -0.3 is 5.01 Å². The quantitative estimate of drug-likeness (QED) is 0.847. The van der Waals surface area contributed by atoms with Crippen LogP contribution in [-0.4, -0.2) is 34.8 Å². The molecule has 0 N–H and O–H groups in total. The molecule has 110 valence electrons. The second-order valence-electron chi connectivity index (χ2n) is 5.03. The standard InChI is InChI=1S/C14H18F3N3/c1-11-8-12(10-20-7-3-6-19(20)2)9-18-13(11)4-5-14(15,16)17/h3,6,8-9H,4-5,7,10H2,1-2H3. The smallest absolute Gasteiger partial charge is 0.316 e. The van der Waals surface area contributed by atoms with Crippen molar-refractivity contribution in [3.05, 3.63) is 41.4 Å². The first kappa shape index (κ1) is 14.8. The Balaban J connectivity index is 1.98. The molecule has 0 unspecified atom stereocenters. The molecular formula is C14H18F3N3. The summed E-state index contributed by atoms with van der Waals surface area (Å²) in [7, 11) is 1.96. The second kappa shape index (κ2) is 5.83. The molecule has 0 radical (unpaired) electrons. The summed E-state index contributed by atoms with van der Waals surface area (Å²) in [5.41, 5.74) is 2.36. The summed E-state index contributed by atoms with van der Waals surface area (Å²) in [4.78, 5) is 4.18. The number of pyridine rings is 1. The zero-order chi connectivity index (χ0) is 14.8. The molecule has 2 rings (SSSR count). The summed E-state index contributed by atoms with van der Waals surface area (Å²) in [5.74, 6) is 0. The predicted octanol–water partition coefficient (Wildman–Crippen LogP) is 3.06. The Morgan fingerprint density at radius 1 is 1.35 bits per heavy atom. The highest BCUT2D eigenvalue weighted by molar-refractivity contribution is 5.24. The Labute approximate surface area is 116 Å². The van der Waals surface area contributed by atoms with Gasteiger partial charge in [0.1, 0.15) is 0 Å². The van der Waals surface area contributed by atoms with E-state index in [-0.39, 0.29) is 6.42 Å². The van der Waals surface area contributed by atoms with Crippen molar-refractivity contribution in [1.29, 1.82) is 0 Å². The first-order chi connectivity index (χ1) is 9.35. The van der Waals surface area contributed by atoms with Crippen molar-refractivity contribution < 1.29 is 13.2 Å². The van der Waals surface area contributed by atoms with E-state index in [0.717, 1.165) is 17.7 Å². The molecule has 1 aliphatic heterocycles. The summed E-state index contributed by atoms with van der Waals surface area (Å²) < 4.78 is 36.7. The minimum Gasteiger partial charge on any atom is -0.316 e. The van der Waals surface area contributed by atoms with Gasteiger partial charge in [0.2, 0.25) is 0 Å². The minimum absolute atomic E-state index is 0.0548. The number of aromatic nitrogens is 1. The summed E-state index contributed by atoms with van der Waals surface area (Å²) in [6.07, 6.45) is 0.706. The maximum absolute atomic E-state index is 12.2. The van der Waals surface area contributed by atoms with Crippen molar-refractivity contribution in [2.75, 3.05) is 13.6 Å². The van der Waals surface area contributed by atoms with Crippen molar-refractivity contribution in [1.82, 2.24) is 15.0 Å². The lowest BCUT2D eigenvalue weighted by Crippen LogP contribution is -2.31. The van der Waals surface area contributed by atoms with Crippen LogP contribution in [0.5, 0.6) is 0 Å². The maximum atomic E-state index is 12.2. The third-order valence-corrected chi connectivity index (χ3v) is 3.34. The molecule has 1 aromatic heterocycles. The Hall–Kier alpha value is -1.56. The number of hydrogen-bond donors (Lipinski definition) is 0. The van der Waals surface area contributed by atoms with E-state index in [4.69, 9.17) is 0 Å². The van der Waals surface area contributed by atoms with E-state index in [1.54, 1.807) is 6.20 Å². The van der Waals surface area contributed by atoms with Gasteiger partial charge >= 0.3 is 6.18 Å². The van der Waals surface area contributed by atoms with Gasteiger partial charge in [0, 0.05) is 44.6 Å². The van der Waals surface area contributed by atoms with Crippen LogP contribution in [0.4, 0.5) is 13.2 Å². The van der Waals surface area contributed by atoms with Crippen molar-refractivity contribution in [2.45, 2.75) is 32.5 Å². The number of nitrogens with zero attached hydrogens (tertiary/aromatic N) is 3. The van der Waals surface area contributed by atoms with Gasteiger partial charge in [-0.05, 0) is 24.5 Å². The lowest BCUT2D eigenvalue weighted by Gasteiger charge is -2.25. The van der Waals surface area contributed by atoms with Crippen LogP contribution in [0.2, 0.25) is 0 Å². The van der Waals surface area contributed by atoms with Crippen LogP contribution in [-0.2, 0) is 13.0 Å². The van der Waals surface area contributed by atoms with Crippen LogP contribution in [0.3, 0.4) is 0 Å². The van der Waals surface area contributed by atoms with Gasteiger partial charge in [-0.25, -0.2) is 5.01 Å². The molecule has 0 fully saturated rings. The monoisotopic (exact) mass is 285 g/mol.